The molecule has 24 heavy (non-hydrogen) atoms. The van der Waals surface area contributed by atoms with Crippen molar-refractivity contribution in [2.45, 2.75) is 57.8 Å². The first-order chi connectivity index (χ1) is 11.7. The molecule has 1 fully saturated rings. The first-order valence-corrected chi connectivity index (χ1v) is 8.81. The number of aromatic nitrogens is 4. The van der Waals surface area contributed by atoms with Gasteiger partial charge in [-0.25, -0.2) is 0 Å². The third-order valence-corrected chi connectivity index (χ3v) is 4.49. The summed E-state index contributed by atoms with van der Waals surface area (Å²) in [5.74, 6) is 1.72. The molecular weight excluding hydrogens is 306 g/mol. The van der Waals surface area contributed by atoms with E-state index < -0.39 is 0 Å². The van der Waals surface area contributed by atoms with Crippen molar-refractivity contribution in [3.63, 3.8) is 0 Å². The quantitative estimate of drug-likeness (QED) is 0.842. The van der Waals surface area contributed by atoms with Gasteiger partial charge in [-0.15, -0.1) is 0 Å². The van der Waals surface area contributed by atoms with Gasteiger partial charge in [0.05, 0.1) is 5.69 Å². The molecule has 1 aliphatic rings. The molecule has 0 bridgehead atoms. The molecule has 1 aliphatic carbocycles. The fourth-order valence-corrected chi connectivity index (χ4v) is 3.20. The number of rotatable bonds is 7. The number of hydrogen-bond acceptors (Lipinski definition) is 5. The van der Waals surface area contributed by atoms with Crippen molar-refractivity contribution >= 4 is 5.91 Å². The summed E-state index contributed by atoms with van der Waals surface area (Å²) in [6.45, 7) is 2.58. The van der Waals surface area contributed by atoms with Crippen LogP contribution in [0.3, 0.4) is 0 Å². The van der Waals surface area contributed by atoms with Crippen molar-refractivity contribution < 1.29 is 9.32 Å². The van der Waals surface area contributed by atoms with E-state index in [1.807, 2.05) is 6.07 Å². The van der Waals surface area contributed by atoms with E-state index in [4.69, 9.17) is 4.52 Å². The van der Waals surface area contributed by atoms with Gasteiger partial charge in [0, 0.05) is 25.9 Å². The fourth-order valence-electron chi connectivity index (χ4n) is 3.20. The number of nitrogens with zero attached hydrogens (tertiary/aromatic N) is 4. The van der Waals surface area contributed by atoms with Gasteiger partial charge in [-0.1, -0.05) is 31.3 Å². The summed E-state index contributed by atoms with van der Waals surface area (Å²) >= 11 is 0. The third-order valence-electron chi connectivity index (χ3n) is 4.49. The summed E-state index contributed by atoms with van der Waals surface area (Å²) in [7, 11) is 1.79. The van der Waals surface area contributed by atoms with Crippen LogP contribution in [-0.4, -0.2) is 32.4 Å². The second-order valence-electron chi connectivity index (χ2n) is 6.43. The van der Waals surface area contributed by atoms with Crippen LogP contribution in [0.25, 0.3) is 0 Å². The topological polar surface area (TPSA) is 85.8 Å². The first-order valence-electron chi connectivity index (χ1n) is 8.81. The van der Waals surface area contributed by atoms with Crippen LogP contribution in [0.15, 0.2) is 10.6 Å². The van der Waals surface area contributed by atoms with Crippen molar-refractivity contribution in [1.29, 1.82) is 0 Å². The molecule has 1 saturated carbocycles. The van der Waals surface area contributed by atoms with Crippen LogP contribution in [0, 0.1) is 0 Å². The van der Waals surface area contributed by atoms with Gasteiger partial charge < -0.3 is 9.84 Å². The molecule has 2 heterocycles. The summed E-state index contributed by atoms with van der Waals surface area (Å²) in [4.78, 5) is 16.7. The van der Waals surface area contributed by atoms with E-state index in [0.717, 1.165) is 37.3 Å². The smallest absolute Gasteiger partial charge is 0.269 e. The predicted octanol–water partition coefficient (Wildman–Crippen LogP) is 2.39. The Bertz CT molecular complexity index is 685. The predicted molar refractivity (Wildman–Crippen MR) is 88.7 cm³/mol. The van der Waals surface area contributed by atoms with E-state index >= 15 is 0 Å². The van der Waals surface area contributed by atoms with Gasteiger partial charge >= 0.3 is 0 Å². The molecule has 0 aliphatic heterocycles. The molecule has 0 unspecified atom stereocenters. The van der Waals surface area contributed by atoms with Gasteiger partial charge in [-0.3, -0.25) is 9.48 Å². The highest BCUT2D eigenvalue weighted by molar-refractivity contribution is 5.92. The lowest BCUT2D eigenvalue weighted by molar-refractivity contribution is 0.0944. The number of carbonyl (C=O) groups is 1. The molecule has 0 radical (unpaired) electrons. The molecule has 3 rings (SSSR count). The number of amides is 1. The summed E-state index contributed by atoms with van der Waals surface area (Å²) in [6.07, 6.45) is 7.22. The lowest BCUT2D eigenvalue weighted by atomic mass is 10.1. The molecule has 0 atom stereocenters. The molecular formula is C17H25N5O2. The number of nitrogens with one attached hydrogen (secondary N) is 1. The average Bonchev–Trinajstić information content (AvgIpc) is 3.27. The molecule has 0 aromatic carbocycles. The fraction of sp³-hybridized carbons (Fsp3) is 0.647. The van der Waals surface area contributed by atoms with Crippen molar-refractivity contribution in [2.24, 2.45) is 7.05 Å². The Morgan fingerprint density at radius 1 is 1.38 bits per heavy atom. The Labute approximate surface area is 141 Å². The van der Waals surface area contributed by atoms with Crippen LogP contribution in [0.1, 0.15) is 72.8 Å². The SMILES string of the molecule is CCCc1cc(C(=O)NCCc2noc(C3CCCC3)n2)n(C)n1. The minimum absolute atomic E-state index is 0.119. The van der Waals surface area contributed by atoms with Gasteiger partial charge in [-0.2, -0.15) is 10.1 Å². The molecule has 2 aromatic heterocycles. The maximum absolute atomic E-state index is 12.3. The van der Waals surface area contributed by atoms with E-state index in [0.29, 0.717) is 30.4 Å². The zero-order valence-corrected chi connectivity index (χ0v) is 14.4. The van der Waals surface area contributed by atoms with Gasteiger partial charge in [0.25, 0.3) is 5.91 Å². The van der Waals surface area contributed by atoms with Crippen molar-refractivity contribution in [3.8, 4) is 0 Å². The highest BCUT2D eigenvalue weighted by atomic mass is 16.5. The molecule has 0 spiro atoms. The Morgan fingerprint density at radius 2 is 2.17 bits per heavy atom. The van der Waals surface area contributed by atoms with Crippen LogP contribution in [-0.2, 0) is 19.9 Å². The Balaban J connectivity index is 1.50. The van der Waals surface area contributed by atoms with Crippen molar-refractivity contribution in [2.75, 3.05) is 6.54 Å². The second kappa shape index (κ2) is 7.59. The van der Waals surface area contributed by atoms with Crippen LogP contribution >= 0.6 is 0 Å². The van der Waals surface area contributed by atoms with E-state index in [1.165, 1.54) is 12.8 Å². The maximum Gasteiger partial charge on any atom is 0.269 e. The van der Waals surface area contributed by atoms with Crippen LogP contribution < -0.4 is 5.32 Å². The largest absolute Gasteiger partial charge is 0.350 e. The second-order valence-corrected chi connectivity index (χ2v) is 6.43. The lowest BCUT2D eigenvalue weighted by Crippen LogP contribution is -2.27. The number of hydrogen-bond donors (Lipinski definition) is 1. The minimum atomic E-state index is -0.119. The Hall–Kier alpha value is -2.18. The normalized spacial score (nSPS) is 15.1. The van der Waals surface area contributed by atoms with E-state index in [9.17, 15) is 4.79 Å². The van der Waals surface area contributed by atoms with Gasteiger partial charge in [0.1, 0.15) is 5.69 Å². The number of carbonyl (C=O) groups excluding carboxylic acids is 1. The lowest BCUT2D eigenvalue weighted by Gasteiger charge is -2.03. The molecule has 1 N–H and O–H groups in total. The van der Waals surface area contributed by atoms with Gasteiger partial charge in [-0.05, 0) is 25.3 Å². The van der Waals surface area contributed by atoms with E-state index in [2.05, 4.69) is 27.5 Å². The summed E-state index contributed by atoms with van der Waals surface area (Å²) < 4.78 is 6.98. The van der Waals surface area contributed by atoms with Crippen LogP contribution in [0.4, 0.5) is 0 Å². The van der Waals surface area contributed by atoms with E-state index in [-0.39, 0.29) is 5.91 Å². The molecule has 1 amide bonds. The molecule has 7 heteroatoms. The van der Waals surface area contributed by atoms with Crippen molar-refractivity contribution in [1.82, 2.24) is 25.2 Å². The van der Waals surface area contributed by atoms with Crippen LogP contribution in [0.5, 0.6) is 0 Å². The van der Waals surface area contributed by atoms with Gasteiger partial charge in [0.2, 0.25) is 5.89 Å². The van der Waals surface area contributed by atoms with Gasteiger partial charge in [0.15, 0.2) is 5.82 Å². The maximum atomic E-state index is 12.3. The first kappa shape index (κ1) is 16.7. The minimum Gasteiger partial charge on any atom is -0.350 e. The standard InChI is InChI=1S/C17H25N5O2/c1-3-6-13-11-14(22(2)20-13)16(23)18-10-9-15-19-17(24-21-15)12-7-4-5-8-12/h11-12H,3-10H2,1-2H3,(H,18,23). The molecule has 2 aromatic rings. The third kappa shape index (κ3) is 3.83. The zero-order valence-electron chi connectivity index (χ0n) is 14.4. The number of aryl methyl sites for hydroxylation is 2. The summed E-state index contributed by atoms with van der Waals surface area (Å²) in [6, 6.07) is 1.85. The summed E-state index contributed by atoms with van der Waals surface area (Å²) in [5.41, 5.74) is 1.53. The molecule has 130 valence electrons. The molecule has 0 saturated heterocycles. The van der Waals surface area contributed by atoms with Crippen LogP contribution in [0.2, 0.25) is 0 Å². The molecule has 7 nitrogen and oxygen atoms in total. The van der Waals surface area contributed by atoms with Crippen molar-refractivity contribution in [3.05, 3.63) is 29.2 Å². The Morgan fingerprint density at radius 3 is 2.92 bits per heavy atom. The summed E-state index contributed by atoms with van der Waals surface area (Å²) in [5, 5.41) is 11.3. The zero-order chi connectivity index (χ0) is 16.9. The highest BCUT2D eigenvalue weighted by Crippen LogP contribution is 2.32. The highest BCUT2D eigenvalue weighted by Gasteiger charge is 2.22. The monoisotopic (exact) mass is 331 g/mol. The van der Waals surface area contributed by atoms with E-state index in [1.54, 1.807) is 11.7 Å². The average molecular weight is 331 g/mol. The Kier molecular flexibility index (Phi) is 5.27.